The van der Waals surface area contributed by atoms with Gasteiger partial charge in [0.1, 0.15) is 5.75 Å². The minimum atomic E-state index is -0.834. The molecular weight excluding hydrogens is 374 g/mol. The summed E-state index contributed by atoms with van der Waals surface area (Å²) in [6, 6.07) is 8.33. The molecule has 1 unspecified atom stereocenters. The molecule has 0 radical (unpaired) electrons. The smallest absolute Gasteiger partial charge is 0.330 e. The quantitative estimate of drug-likeness (QED) is 0.443. The van der Waals surface area contributed by atoms with Crippen LogP contribution in [-0.2, 0) is 9.53 Å². The summed E-state index contributed by atoms with van der Waals surface area (Å²) in [6.45, 7) is 3.55. The van der Waals surface area contributed by atoms with Crippen molar-refractivity contribution in [1.29, 1.82) is 0 Å². The van der Waals surface area contributed by atoms with Crippen molar-refractivity contribution in [2.24, 2.45) is 0 Å². The summed E-state index contributed by atoms with van der Waals surface area (Å²) in [6.07, 6.45) is 1.99. The van der Waals surface area contributed by atoms with Crippen molar-refractivity contribution in [2.45, 2.75) is 20.0 Å². The number of aliphatic hydroxyl groups excluding tert-OH is 1. The van der Waals surface area contributed by atoms with E-state index in [-0.39, 0.29) is 17.7 Å². The van der Waals surface area contributed by atoms with Gasteiger partial charge >= 0.3 is 5.97 Å². The summed E-state index contributed by atoms with van der Waals surface area (Å²) in [5.74, 6) is -1.14. The highest BCUT2D eigenvalue weighted by atomic mass is 16.5. The summed E-state index contributed by atoms with van der Waals surface area (Å²) in [5, 5.41) is 12.5. The second-order valence-electron chi connectivity index (χ2n) is 6.43. The maximum atomic E-state index is 12.4. The molecule has 0 bridgehead atoms. The molecule has 1 atom stereocenters. The minimum Gasteiger partial charge on any atom is -0.496 e. The molecule has 2 aromatic rings. The topological polar surface area (TPSA) is 102 Å². The molecule has 0 saturated heterocycles. The second kappa shape index (κ2) is 8.28. The van der Waals surface area contributed by atoms with Gasteiger partial charge in [0.15, 0.2) is 0 Å². The van der Waals surface area contributed by atoms with E-state index < -0.39 is 23.9 Å². The van der Waals surface area contributed by atoms with Gasteiger partial charge in [-0.2, -0.15) is 0 Å². The normalized spacial score (nSPS) is 13.9. The van der Waals surface area contributed by atoms with E-state index in [0.29, 0.717) is 28.0 Å². The van der Waals surface area contributed by atoms with Gasteiger partial charge in [0.05, 0.1) is 30.9 Å². The number of hydrogen-bond donors (Lipinski definition) is 2. The molecule has 0 spiro atoms. The van der Waals surface area contributed by atoms with E-state index in [4.69, 9.17) is 9.47 Å². The van der Waals surface area contributed by atoms with Crippen molar-refractivity contribution in [3.8, 4) is 16.9 Å². The number of rotatable bonds is 6. The second-order valence-corrected chi connectivity index (χ2v) is 6.43. The summed E-state index contributed by atoms with van der Waals surface area (Å²) in [7, 11) is 1.46. The van der Waals surface area contributed by atoms with Crippen LogP contribution < -0.4 is 10.1 Å². The Hall–Kier alpha value is -3.45. The van der Waals surface area contributed by atoms with Crippen LogP contribution in [0.2, 0.25) is 0 Å². The highest BCUT2D eigenvalue weighted by molar-refractivity contribution is 6.24. The molecule has 7 nitrogen and oxygen atoms in total. The lowest BCUT2D eigenvalue weighted by atomic mass is 9.89. The third-order valence-corrected chi connectivity index (χ3v) is 4.59. The number of amides is 2. The van der Waals surface area contributed by atoms with Gasteiger partial charge in [-0.25, -0.2) is 4.79 Å². The fraction of sp³-hybridized carbons (Fsp3) is 0.227. The maximum absolute atomic E-state index is 12.4. The van der Waals surface area contributed by atoms with Crippen molar-refractivity contribution >= 4 is 23.9 Å². The van der Waals surface area contributed by atoms with Crippen LogP contribution in [0.25, 0.3) is 17.2 Å². The molecule has 2 aromatic carbocycles. The Morgan fingerprint density at radius 3 is 2.52 bits per heavy atom. The van der Waals surface area contributed by atoms with Crippen molar-refractivity contribution < 1.29 is 29.0 Å². The zero-order valence-corrected chi connectivity index (χ0v) is 16.3. The van der Waals surface area contributed by atoms with Crippen LogP contribution in [0, 0.1) is 0 Å². The Labute approximate surface area is 167 Å². The molecule has 1 aliphatic rings. The summed E-state index contributed by atoms with van der Waals surface area (Å²) in [4.78, 5) is 36.3. The van der Waals surface area contributed by atoms with Gasteiger partial charge in [0.25, 0.3) is 11.8 Å². The lowest BCUT2D eigenvalue weighted by Crippen LogP contribution is -2.20. The zero-order chi connectivity index (χ0) is 21.1. The van der Waals surface area contributed by atoms with Crippen molar-refractivity contribution in [1.82, 2.24) is 5.32 Å². The Bertz CT molecular complexity index is 1020. The van der Waals surface area contributed by atoms with Crippen molar-refractivity contribution in [2.75, 3.05) is 13.7 Å². The number of benzene rings is 2. The molecule has 1 heterocycles. The molecule has 0 aromatic heterocycles. The van der Waals surface area contributed by atoms with E-state index in [2.05, 4.69) is 5.32 Å². The van der Waals surface area contributed by atoms with Crippen LogP contribution >= 0.6 is 0 Å². The number of carbonyl (C=O) groups excluding carboxylic acids is 3. The van der Waals surface area contributed by atoms with Crippen LogP contribution in [0.4, 0.5) is 0 Å². The molecule has 150 valence electrons. The zero-order valence-electron chi connectivity index (χ0n) is 16.3. The predicted octanol–water partition coefficient (Wildman–Crippen LogP) is 2.88. The van der Waals surface area contributed by atoms with Gasteiger partial charge in [-0.1, -0.05) is 24.3 Å². The largest absolute Gasteiger partial charge is 0.496 e. The Morgan fingerprint density at radius 1 is 1.14 bits per heavy atom. The summed E-state index contributed by atoms with van der Waals surface area (Å²) in [5.41, 5.74) is 2.53. The first kappa shape index (κ1) is 20.3. The molecule has 0 saturated carbocycles. The number of nitrogens with one attached hydrogen (secondary N) is 1. The first-order valence-electron chi connectivity index (χ1n) is 9.11. The molecule has 7 heteroatoms. The lowest BCUT2D eigenvalue weighted by molar-refractivity contribution is -0.137. The number of methoxy groups -OCH3 is 1. The van der Waals surface area contributed by atoms with Crippen LogP contribution in [0.5, 0.6) is 5.75 Å². The SMILES string of the molecule is CCOC(=O)/C=C/c1ccc(C(C)O)c(OC)c1-c1cccc2c1C(=O)NC2=O. The first-order valence-corrected chi connectivity index (χ1v) is 9.11. The van der Waals surface area contributed by atoms with Crippen molar-refractivity contribution in [3.63, 3.8) is 0 Å². The van der Waals surface area contributed by atoms with Crippen LogP contribution in [-0.4, -0.2) is 36.6 Å². The number of imide groups is 1. The Balaban J connectivity index is 2.29. The maximum Gasteiger partial charge on any atom is 0.330 e. The van der Waals surface area contributed by atoms with Crippen LogP contribution in [0.15, 0.2) is 36.4 Å². The molecule has 2 amide bonds. The Kier molecular flexibility index (Phi) is 5.79. The van der Waals surface area contributed by atoms with E-state index in [1.807, 2.05) is 0 Å². The average Bonchev–Trinajstić information content (AvgIpc) is 2.99. The van der Waals surface area contributed by atoms with Gasteiger partial charge < -0.3 is 14.6 Å². The molecule has 3 rings (SSSR count). The standard InChI is InChI=1S/C22H21NO6/c1-4-29-17(25)11-9-13-8-10-14(12(2)24)20(28-3)18(13)15-6-5-7-16-19(15)22(27)23-21(16)26/h5-12,24H,4H2,1-3H3,(H,23,26,27)/b11-9+. The predicted molar refractivity (Wildman–Crippen MR) is 107 cm³/mol. The third kappa shape index (κ3) is 3.77. The van der Waals surface area contributed by atoms with E-state index in [1.165, 1.54) is 13.2 Å². The number of carbonyl (C=O) groups is 3. The minimum absolute atomic E-state index is 0.226. The van der Waals surface area contributed by atoms with E-state index >= 15 is 0 Å². The fourth-order valence-electron chi connectivity index (χ4n) is 3.36. The monoisotopic (exact) mass is 395 g/mol. The average molecular weight is 395 g/mol. The Morgan fingerprint density at radius 2 is 1.86 bits per heavy atom. The highest BCUT2D eigenvalue weighted by Crippen LogP contribution is 2.42. The van der Waals surface area contributed by atoms with Gasteiger partial charge in [-0.3, -0.25) is 14.9 Å². The number of hydrogen-bond acceptors (Lipinski definition) is 6. The lowest BCUT2D eigenvalue weighted by Gasteiger charge is -2.19. The van der Waals surface area contributed by atoms with E-state index in [0.717, 1.165) is 0 Å². The summed E-state index contributed by atoms with van der Waals surface area (Å²) < 4.78 is 10.5. The number of esters is 1. The highest BCUT2D eigenvalue weighted by Gasteiger charge is 2.31. The molecule has 29 heavy (non-hydrogen) atoms. The van der Waals surface area contributed by atoms with E-state index in [1.54, 1.807) is 50.3 Å². The van der Waals surface area contributed by atoms with Gasteiger partial charge in [-0.05, 0) is 37.1 Å². The molecule has 2 N–H and O–H groups in total. The van der Waals surface area contributed by atoms with Crippen LogP contribution in [0.1, 0.15) is 51.8 Å². The number of aliphatic hydroxyl groups is 1. The summed E-state index contributed by atoms with van der Waals surface area (Å²) >= 11 is 0. The molecular formula is C22H21NO6. The first-order chi connectivity index (χ1) is 13.9. The fourth-order valence-corrected chi connectivity index (χ4v) is 3.36. The third-order valence-electron chi connectivity index (χ3n) is 4.59. The molecule has 0 aliphatic carbocycles. The number of fused-ring (bicyclic) bond motifs is 1. The van der Waals surface area contributed by atoms with Gasteiger partial charge in [-0.15, -0.1) is 0 Å². The van der Waals surface area contributed by atoms with Crippen molar-refractivity contribution in [3.05, 3.63) is 58.7 Å². The number of ether oxygens (including phenoxy) is 2. The van der Waals surface area contributed by atoms with E-state index in [9.17, 15) is 19.5 Å². The molecule has 0 fully saturated rings. The molecule has 1 aliphatic heterocycles. The van der Waals surface area contributed by atoms with Crippen LogP contribution in [0.3, 0.4) is 0 Å². The van der Waals surface area contributed by atoms with Gasteiger partial charge in [0.2, 0.25) is 0 Å². The van der Waals surface area contributed by atoms with Gasteiger partial charge in [0, 0.05) is 17.2 Å².